The fourth-order valence-electron chi connectivity index (χ4n) is 2.28. The van der Waals surface area contributed by atoms with Gasteiger partial charge in [-0.05, 0) is 23.8 Å². The minimum absolute atomic E-state index is 0.0823. The van der Waals surface area contributed by atoms with Crippen molar-refractivity contribution in [3.8, 4) is 0 Å². The fourth-order valence-corrected chi connectivity index (χ4v) is 3.31. The highest BCUT2D eigenvalue weighted by molar-refractivity contribution is 7.98. The van der Waals surface area contributed by atoms with Crippen LogP contribution in [0, 0.1) is 5.82 Å². The van der Waals surface area contributed by atoms with Crippen molar-refractivity contribution in [3.63, 3.8) is 0 Å². The van der Waals surface area contributed by atoms with Crippen LogP contribution in [0.4, 0.5) is 4.39 Å². The van der Waals surface area contributed by atoms with Crippen LogP contribution in [0.25, 0.3) is 0 Å². The Balaban J connectivity index is 1.87. The topological polar surface area (TPSA) is 17.1 Å². The lowest BCUT2D eigenvalue weighted by atomic mass is 10.0. The highest BCUT2D eigenvalue weighted by Crippen LogP contribution is 2.28. The molecule has 114 valence electrons. The number of benzene rings is 3. The zero-order valence-corrected chi connectivity index (χ0v) is 13.2. The zero-order valence-electron chi connectivity index (χ0n) is 12.4. The molecule has 3 aromatic carbocycles. The van der Waals surface area contributed by atoms with Gasteiger partial charge in [-0.3, -0.25) is 4.79 Å². The van der Waals surface area contributed by atoms with E-state index in [4.69, 9.17) is 0 Å². The summed E-state index contributed by atoms with van der Waals surface area (Å²) in [5.41, 5.74) is 2.29. The van der Waals surface area contributed by atoms with Crippen LogP contribution in [0.1, 0.15) is 21.5 Å². The standard InChI is InChI=1S/C20H15FOS/c21-17-11-12-18(20(22)16-9-5-2-6-10-16)19(13-17)23-14-15-7-3-1-4-8-15/h1-13H,14H2. The minimum atomic E-state index is -0.329. The predicted octanol–water partition coefficient (Wildman–Crippen LogP) is 5.35. The zero-order chi connectivity index (χ0) is 16.1. The quantitative estimate of drug-likeness (QED) is 0.465. The highest BCUT2D eigenvalue weighted by Gasteiger charge is 2.14. The molecule has 0 aliphatic heterocycles. The summed E-state index contributed by atoms with van der Waals surface area (Å²) in [5, 5.41) is 0. The van der Waals surface area contributed by atoms with E-state index in [2.05, 4.69) is 0 Å². The van der Waals surface area contributed by atoms with Gasteiger partial charge >= 0.3 is 0 Å². The SMILES string of the molecule is O=C(c1ccccc1)c1ccc(F)cc1SCc1ccccc1. The summed E-state index contributed by atoms with van der Waals surface area (Å²) in [6, 6.07) is 23.3. The normalized spacial score (nSPS) is 10.5. The maximum absolute atomic E-state index is 13.6. The summed E-state index contributed by atoms with van der Waals surface area (Å²) in [6.07, 6.45) is 0. The molecule has 0 aromatic heterocycles. The molecule has 0 amide bonds. The van der Waals surface area contributed by atoms with Crippen LogP contribution in [0.3, 0.4) is 0 Å². The van der Waals surface area contributed by atoms with Crippen molar-refractivity contribution in [1.29, 1.82) is 0 Å². The Morgan fingerprint density at radius 2 is 1.52 bits per heavy atom. The number of ketones is 1. The number of rotatable bonds is 5. The van der Waals surface area contributed by atoms with Crippen LogP contribution in [0.15, 0.2) is 83.8 Å². The Bertz CT molecular complexity index is 800. The molecule has 0 heterocycles. The number of hydrogen-bond donors (Lipinski definition) is 0. The van der Waals surface area contributed by atoms with Crippen LogP contribution in [-0.2, 0) is 5.75 Å². The molecule has 3 heteroatoms. The Labute approximate surface area is 139 Å². The molecule has 1 nitrogen and oxygen atoms in total. The molecule has 3 rings (SSSR count). The second kappa shape index (κ2) is 7.25. The maximum Gasteiger partial charge on any atom is 0.194 e. The molecule has 0 saturated heterocycles. The number of halogens is 1. The summed E-state index contributed by atoms with van der Waals surface area (Å²) in [6.45, 7) is 0. The first-order valence-corrected chi connectivity index (χ1v) is 8.28. The van der Waals surface area contributed by atoms with Gasteiger partial charge in [0.15, 0.2) is 5.78 Å². The molecule has 3 aromatic rings. The van der Waals surface area contributed by atoms with E-state index in [0.717, 1.165) is 5.56 Å². The lowest BCUT2D eigenvalue weighted by Gasteiger charge is -2.09. The number of carbonyl (C=O) groups excluding carboxylic acids is 1. The molecule has 0 radical (unpaired) electrons. The molecule has 0 N–H and O–H groups in total. The van der Waals surface area contributed by atoms with Gasteiger partial charge in [0, 0.05) is 21.8 Å². The first-order chi connectivity index (χ1) is 11.2. The Kier molecular flexibility index (Phi) is 4.89. The van der Waals surface area contributed by atoms with Crippen molar-refractivity contribution in [2.24, 2.45) is 0 Å². The molecule has 0 atom stereocenters. The second-order valence-electron chi connectivity index (χ2n) is 5.11. The van der Waals surface area contributed by atoms with E-state index in [9.17, 15) is 9.18 Å². The van der Waals surface area contributed by atoms with Crippen molar-refractivity contribution in [2.45, 2.75) is 10.6 Å². The van der Waals surface area contributed by atoms with Crippen LogP contribution in [0.5, 0.6) is 0 Å². The van der Waals surface area contributed by atoms with E-state index in [-0.39, 0.29) is 11.6 Å². The summed E-state index contributed by atoms with van der Waals surface area (Å²) < 4.78 is 13.6. The molecular formula is C20H15FOS. The van der Waals surface area contributed by atoms with Crippen molar-refractivity contribution < 1.29 is 9.18 Å². The van der Waals surface area contributed by atoms with Crippen molar-refractivity contribution >= 4 is 17.5 Å². The average molecular weight is 322 g/mol. The summed E-state index contributed by atoms with van der Waals surface area (Å²) >= 11 is 1.48. The molecular weight excluding hydrogens is 307 g/mol. The third-order valence-corrected chi connectivity index (χ3v) is 4.59. The molecule has 0 aliphatic rings. The summed E-state index contributed by atoms with van der Waals surface area (Å²) in [4.78, 5) is 13.3. The second-order valence-corrected chi connectivity index (χ2v) is 6.13. The fraction of sp³-hybridized carbons (Fsp3) is 0.0500. The lowest BCUT2D eigenvalue weighted by molar-refractivity contribution is 0.103. The van der Waals surface area contributed by atoms with Crippen LogP contribution >= 0.6 is 11.8 Å². The molecule has 0 aliphatic carbocycles. The van der Waals surface area contributed by atoms with Crippen molar-refractivity contribution in [2.75, 3.05) is 0 Å². The Hall–Kier alpha value is -2.39. The number of hydrogen-bond acceptors (Lipinski definition) is 2. The van der Waals surface area contributed by atoms with Crippen molar-refractivity contribution in [3.05, 3.63) is 101 Å². The largest absolute Gasteiger partial charge is 0.289 e. The van der Waals surface area contributed by atoms with Gasteiger partial charge in [0.2, 0.25) is 0 Å². The first-order valence-electron chi connectivity index (χ1n) is 7.30. The lowest BCUT2D eigenvalue weighted by Crippen LogP contribution is -2.03. The molecule has 0 bridgehead atoms. The van der Waals surface area contributed by atoms with E-state index >= 15 is 0 Å². The van der Waals surface area contributed by atoms with Gasteiger partial charge in [0.1, 0.15) is 5.82 Å². The highest BCUT2D eigenvalue weighted by atomic mass is 32.2. The van der Waals surface area contributed by atoms with Gasteiger partial charge in [-0.1, -0.05) is 60.7 Å². The number of thioether (sulfide) groups is 1. The Morgan fingerprint density at radius 1 is 0.870 bits per heavy atom. The van der Waals surface area contributed by atoms with E-state index in [1.165, 1.54) is 23.9 Å². The van der Waals surface area contributed by atoms with Crippen LogP contribution in [0.2, 0.25) is 0 Å². The summed E-state index contributed by atoms with van der Waals surface area (Å²) in [7, 11) is 0. The third-order valence-electron chi connectivity index (χ3n) is 3.46. The van der Waals surface area contributed by atoms with Gasteiger partial charge in [-0.25, -0.2) is 4.39 Å². The molecule has 0 unspecified atom stereocenters. The van der Waals surface area contributed by atoms with Gasteiger partial charge in [0.25, 0.3) is 0 Å². The van der Waals surface area contributed by atoms with Gasteiger partial charge in [-0.15, -0.1) is 11.8 Å². The van der Waals surface area contributed by atoms with Crippen LogP contribution in [-0.4, -0.2) is 5.78 Å². The number of carbonyl (C=O) groups is 1. The predicted molar refractivity (Wildman–Crippen MR) is 92.3 cm³/mol. The first kappa shape index (κ1) is 15.5. The van der Waals surface area contributed by atoms with Crippen molar-refractivity contribution in [1.82, 2.24) is 0 Å². The molecule has 0 spiro atoms. The van der Waals surface area contributed by atoms with Gasteiger partial charge < -0.3 is 0 Å². The molecule has 0 fully saturated rings. The average Bonchev–Trinajstić information content (AvgIpc) is 2.61. The van der Waals surface area contributed by atoms with E-state index in [0.29, 0.717) is 21.8 Å². The monoisotopic (exact) mass is 322 g/mol. The van der Waals surface area contributed by atoms with E-state index in [1.807, 2.05) is 48.5 Å². The van der Waals surface area contributed by atoms with E-state index < -0.39 is 0 Å². The smallest absolute Gasteiger partial charge is 0.194 e. The van der Waals surface area contributed by atoms with E-state index in [1.54, 1.807) is 18.2 Å². The summed E-state index contributed by atoms with van der Waals surface area (Å²) in [5.74, 6) is 0.283. The molecule has 23 heavy (non-hydrogen) atoms. The minimum Gasteiger partial charge on any atom is -0.289 e. The Morgan fingerprint density at radius 3 is 2.22 bits per heavy atom. The van der Waals surface area contributed by atoms with Crippen LogP contribution < -0.4 is 0 Å². The van der Waals surface area contributed by atoms with Gasteiger partial charge in [0.05, 0.1) is 0 Å². The maximum atomic E-state index is 13.6. The third kappa shape index (κ3) is 3.88. The van der Waals surface area contributed by atoms with Gasteiger partial charge in [-0.2, -0.15) is 0 Å². The molecule has 0 saturated carbocycles.